The van der Waals surface area contributed by atoms with Gasteiger partial charge in [-0.05, 0) is 30.7 Å². The lowest BCUT2D eigenvalue weighted by atomic mass is 9.95. The van der Waals surface area contributed by atoms with Crippen molar-refractivity contribution in [2.45, 2.75) is 19.6 Å². The maximum absolute atomic E-state index is 12.6. The fourth-order valence-electron chi connectivity index (χ4n) is 3.33. The summed E-state index contributed by atoms with van der Waals surface area (Å²) in [6.07, 6.45) is 1.44. The van der Waals surface area contributed by atoms with Gasteiger partial charge in [-0.2, -0.15) is 10.1 Å². The predicted octanol–water partition coefficient (Wildman–Crippen LogP) is 3.97. The standard InChI is InChI=1S/C21H19ClN4O3/c1-13-18(20(27)28-2)19(26-21(25-13)23-12-24-26)16-5-3-4-6-17(16)29-11-14-7-9-15(22)10-8-14/h3-10,12,19H,11H2,1-2H3,(H,23,24,25). The summed E-state index contributed by atoms with van der Waals surface area (Å²) < 4.78 is 12.8. The maximum atomic E-state index is 12.6. The molecule has 1 aliphatic rings. The lowest BCUT2D eigenvalue weighted by Gasteiger charge is -2.29. The molecule has 0 saturated carbocycles. The number of nitrogens with zero attached hydrogens (tertiary/aromatic N) is 3. The number of ether oxygens (including phenoxy) is 2. The van der Waals surface area contributed by atoms with Gasteiger partial charge in [-0.25, -0.2) is 9.48 Å². The normalized spacial score (nSPS) is 15.5. The Morgan fingerprint density at radius 1 is 1.21 bits per heavy atom. The molecule has 3 aromatic rings. The highest BCUT2D eigenvalue weighted by Crippen LogP contribution is 2.39. The Kier molecular flexibility index (Phi) is 5.22. The predicted molar refractivity (Wildman–Crippen MR) is 109 cm³/mol. The monoisotopic (exact) mass is 410 g/mol. The molecule has 0 spiro atoms. The average molecular weight is 411 g/mol. The van der Waals surface area contributed by atoms with Crippen LogP contribution in [-0.4, -0.2) is 27.8 Å². The molecule has 7 nitrogen and oxygen atoms in total. The number of carbonyl (C=O) groups excluding carboxylic acids is 1. The van der Waals surface area contributed by atoms with Crippen LogP contribution in [0.25, 0.3) is 0 Å². The summed E-state index contributed by atoms with van der Waals surface area (Å²) in [7, 11) is 1.36. The van der Waals surface area contributed by atoms with Crippen LogP contribution in [0.4, 0.5) is 5.95 Å². The number of methoxy groups -OCH3 is 1. The first kappa shape index (κ1) is 19.0. The van der Waals surface area contributed by atoms with Gasteiger partial charge in [-0.3, -0.25) is 0 Å². The van der Waals surface area contributed by atoms with E-state index in [4.69, 9.17) is 21.1 Å². The minimum atomic E-state index is -0.525. The second-order valence-electron chi connectivity index (χ2n) is 6.54. The van der Waals surface area contributed by atoms with Crippen molar-refractivity contribution >= 4 is 23.5 Å². The molecule has 0 bridgehead atoms. The molecule has 0 fully saturated rings. The quantitative estimate of drug-likeness (QED) is 0.641. The van der Waals surface area contributed by atoms with Gasteiger partial charge in [-0.1, -0.05) is 41.9 Å². The number of rotatable bonds is 5. The zero-order chi connectivity index (χ0) is 20.4. The molecular weight excluding hydrogens is 392 g/mol. The molecule has 148 valence electrons. The van der Waals surface area contributed by atoms with Gasteiger partial charge in [0.25, 0.3) is 0 Å². The van der Waals surface area contributed by atoms with Crippen molar-refractivity contribution in [3.8, 4) is 5.75 Å². The third-order valence-corrected chi connectivity index (χ3v) is 4.97. The number of benzene rings is 2. The number of halogens is 1. The Labute approximate surface area is 172 Å². The van der Waals surface area contributed by atoms with Crippen LogP contribution >= 0.6 is 11.6 Å². The van der Waals surface area contributed by atoms with Crippen LogP contribution < -0.4 is 10.1 Å². The molecular formula is C21H19ClN4O3. The first-order chi connectivity index (χ1) is 14.1. The van der Waals surface area contributed by atoms with E-state index in [0.717, 1.165) is 11.1 Å². The fourth-order valence-corrected chi connectivity index (χ4v) is 3.46. The number of nitrogens with one attached hydrogen (secondary N) is 1. The smallest absolute Gasteiger partial charge is 0.338 e. The van der Waals surface area contributed by atoms with E-state index in [1.54, 1.807) is 4.68 Å². The number of esters is 1. The Morgan fingerprint density at radius 3 is 2.72 bits per heavy atom. The summed E-state index contributed by atoms with van der Waals surface area (Å²) in [6, 6.07) is 14.5. The SMILES string of the molecule is COC(=O)C1=C(C)Nc2ncnn2C1c1ccccc1OCc1ccc(Cl)cc1. The molecule has 8 heteroatoms. The van der Waals surface area contributed by atoms with E-state index in [1.807, 2.05) is 55.5 Å². The van der Waals surface area contributed by atoms with E-state index in [0.29, 0.717) is 34.6 Å². The number of aromatic nitrogens is 3. The Bertz CT molecular complexity index is 1080. The number of hydrogen-bond donors (Lipinski definition) is 1. The number of carbonyl (C=O) groups is 1. The zero-order valence-corrected chi connectivity index (χ0v) is 16.7. The van der Waals surface area contributed by atoms with Crippen molar-refractivity contribution in [1.29, 1.82) is 0 Å². The van der Waals surface area contributed by atoms with Crippen molar-refractivity contribution in [1.82, 2.24) is 14.8 Å². The van der Waals surface area contributed by atoms with Crippen molar-refractivity contribution in [2.24, 2.45) is 0 Å². The largest absolute Gasteiger partial charge is 0.489 e. The molecule has 1 aromatic heterocycles. The number of allylic oxidation sites excluding steroid dienone is 1. The number of hydrogen-bond acceptors (Lipinski definition) is 6. The highest BCUT2D eigenvalue weighted by molar-refractivity contribution is 6.30. The van der Waals surface area contributed by atoms with Gasteiger partial charge in [0.2, 0.25) is 5.95 Å². The van der Waals surface area contributed by atoms with Gasteiger partial charge in [0.05, 0.1) is 12.7 Å². The van der Waals surface area contributed by atoms with Crippen molar-refractivity contribution in [3.05, 3.63) is 82.3 Å². The molecule has 1 N–H and O–H groups in total. The Hall–Kier alpha value is -3.32. The second kappa shape index (κ2) is 7.97. The molecule has 0 radical (unpaired) electrons. The van der Waals surface area contributed by atoms with Gasteiger partial charge in [0.15, 0.2) is 0 Å². The lowest BCUT2D eigenvalue weighted by Crippen LogP contribution is -2.29. The van der Waals surface area contributed by atoms with E-state index in [9.17, 15) is 4.79 Å². The van der Waals surface area contributed by atoms with Gasteiger partial charge in [0.1, 0.15) is 24.7 Å². The third kappa shape index (κ3) is 3.69. The number of fused-ring (bicyclic) bond motifs is 1. The van der Waals surface area contributed by atoms with Gasteiger partial charge in [0, 0.05) is 16.3 Å². The van der Waals surface area contributed by atoms with Crippen LogP contribution in [0.15, 0.2) is 66.1 Å². The minimum absolute atomic E-state index is 0.361. The van der Waals surface area contributed by atoms with Crippen molar-refractivity contribution in [2.75, 3.05) is 12.4 Å². The molecule has 4 rings (SSSR count). The van der Waals surface area contributed by atoms with E-state index in [2.05, 4.69) is 15.4 Å². The van der Waals surface area contributed by atoms with E-state index in [-0.39, 0.29) is 0 Å². The molecule has 29 heavy (non-hydrogen) atoms. The summed E-state index contributed by atoms with van der Waals surface area (Å²) in [4.78, 5) is 16.8. The molecule has 1 atom stereocenters. The van der Waals surface area contributed by atoms with Crippen LogP contribution in [0.2, 0.25) is 5.02 Å². The number of anilines is 1. The molecule has 0 saturated heterocycles. The highest BCUT2D eigenvalue weighted by Gasteiger charge is 2.35. The molecule has 2 heterocycles. The van der Waals surface area contributed by atoms with Gasteiger partial charge in [-0.15, -0.1) is 0 Å². The summed E-state index contributed by atoms with van der Waals surface area (Å²) in [5, 5.41) is 8.09. The van der Waals surface area contributed by atoms with E-state index < -0.39 is 12.0 Å². The lowest BCUT2D eigenvalue weighted by molar-refractivity contribution is -0.136. The summed E-state index contributed by atoms with van der Waals surface area (Å²) in [5.74, 6) is 0.756. The zero-order valence-electron chi connectivity index (χ0n) is 15.9. The second-order valence-corrected chi connectivity index (χ2v) is 6.98. The van der Waals surface area contributed by atoms with Crippen LogP contribution in [0.1, 0.15) is 24.1 Å². The van der Waals surface area contributed by atoms with E-state index >= 15 is 0 Å². The van der Waals surface area contributed by atoms with Crippen molar-refractivity contribution < 1.29 is 14.3 Å². The summed E-state index contributed by atoms with van der Waals surface area (Å²) >= 11 is 5.95. The summed E-state index contributed by atoms with van der Waals surface area (Å²) in [5.41, 5.74) is 2.88. The maximum Gasteiger partial charge on any atom is 0.338 e. The van der Waals surface area contributed by atoms with Crippen LogP contribution in [0.5, 0.6) is 5.75 Å². The first-order valence-electron chi connectivity index (χ1n) is 9.00. The molecule has 2 aromatic carbocycles. The van der Waals surface area contributed by atoms with Crippen LogP contribution in [0.3, 0.4) is 0 Å². The topological polar surface area (TPSA) is 78.3 Å². The molecule has 1 unspecified atom stereocenters. The van der Waals surface area contributed by atoms with Crippen LogP contribution in [-0.2, 0) is 16.1 Å². The van der Waals surface area contributed by atoms with Crippen LogP contribution in [0, 0.1) is 0 Å². The van der Waals surface area contributed by atoms with E-state index in [1.165, 1.54) is 13.4 Å². The third-order valence-electron chi connectivity index (χ3n) is 4.72. The van der Waals surface area contributed by atoms with Gasteiger partial charge < -0.3 is 14.8 Å². The average Bonchev–Trinajstić information content (AvgIpc) is 3.20. The summed E-state index contributed by atoms with van der Waals surface area (Å²) in [6.45, 7) is 2.17. The molecule has 0 aliphatic carbocycles. The minimum Gasteiger partial charge on any atom is -0.489 e. The Morgan fingerprint density at radius 2 is 1.97 bits per heavy atom. The highest BCUT2D eigenvalue weighted by atomic mass is 35.5. The number of para-hydroxylation sites is 1. The van der Waals surface area contributed by atoms with Crippen molar-refractivity contribution in [3.63, 3.8) is 0 Å². The first-order valence-corrected chi connectivity index (χ1v) is 9.38. The molecule has 0 amide bonds. The molecule has 1 aliphatic heterocycles. The van der Waals surface area contributed by atoms with Gasteiger partial charge >= 0.3 is 5.97 Å². The fraction of sp³-hybridized carbons (Fsp3) is 0.190. The Balaban J connectivity index is 1.73.